The molecule has 0 saturated heterocycles. The number of nitrogens with one attached hydrogen (secondary N) is 2. The number of H-pyrrole nitrogens is 1. The number of pyridine rings is 1. The fourth-order valence-electron chi connectivity index (χ4n) is 1.70. The number of aromatic amines is 1. The Bertz CT molecular complexity index is 482. The molecule has 0 amide bonds. The van der Waals surface area contributed by atoms with Gasteiger partial charge < -0.3 is 10.3 Å². The highest BCUT2D eigenvalue weighted by atomic mass is 14.9. The van der Waals surface area contributed by atoms with Crippen LogP contribution in [-0.4, -0.2) is 9.97 Å². The van der Waals surface area contributed by atoms with Crippen LogP contribution in [0.15, 0.2) is 30.7 Å². The Labute approximate surface area is 75.5 Å². The van der Waals surface area contributed by atoms with Gasteiger partial charge in [-0.2, -0.15) is 0 Å². The highest BCUT2D eigenvalue weighted by molar-refractivity contribution is 5.92. The number of hydrogen-bond donors (Lipinski definition) is 2. The summed E-state index contributed by atoms with van der Waals surface area (Å²) in [6.07, 6.45) is 8.89. The maximum atomic E-state index is 4.33. The molecule has 2 aromatic heterocycles. The van der Waals surface area contributed by atoms with Crippen molar-refractivity contribution in [1.29, 1.82) is 0 Å². The van der Waals surface area contributed by atoms with Crippen LogP contribution < -0.4 is 5.32 Å². The molecule has 3 nitrogen and oxygen atoms in total. The van der Waals surface area contributed by atoms with Gasteiger partial charge in [0.25, 0.3) is 0 Å². The van der Waals surface area contributed by atoms with Gasteiger partial charge >= 0.3 is 0 Å². The van der Waals surface area contributed by atoms with Crippen LogP contribution in [0.3, 0.4) is 0 Å². The summed E-state index contributed by atoms with van der Waals surface area (Å²) in [5, 5.41) is 4.42. The molecule has 2 aromatic rings. The third-order valence-corrected chi connectivity index (χ3v) is 2.35. The maximum absolute atomic E-state index is 4.33. The molecule has 3 rings (SSSR count). The molecule has 0 radical (unpaired) electrons. The lowest BCUT2D eigenvalue weighted by Gasteiger charge is -2.12. The van der Waals surface area contributed by atoms with Crippen molar-refractivity contribution in [3.05, 3.63) is 36.3 Å². The van der Waals surface area contributed by atoms with Crippen LogP contribution in [0, 0.1) is 0 Å². The van der Waals surface area contributed by atoms with Crippen LogP contribution in [0.4, 0.5) is 5.69 Å². The van der Waals surface area contributed by atoms with Gasteiger partial charge in [-0.05, 0) is 24.3 Å². The van der Waals surface area contributed by atoms with E-state index < -0.39 is 0 Å². The van der Waals surface area contributed by atoms with Gasteiger partial charge in [0.1, 0.15) is 5.65 Å². The fraction of sp³-hybridized carbons (Fsp3) is 0.100. The van der Waals surface area contributed by atoms with E-state index in [9.17, 15) is 0 Å². The van der Waals surface area contributed by atoms with Gasteiger partial charge in [-0.1, -0.05) is 6.08 Å². The lowest BCUT2D eigenvalue weighted by atomic mass is 10.1. The number of allylic oxidation sites excluding steroid dienone is 1. The number of rotatable bonds is 0. The standard InChI is InChI=1S/C10H9N3/c1-2-7-6-13-10-8(3-5-12-10)9(7)11-4-1/h1,3-6,11H,2H2,(H,12,13). The summed E-state index contributed by atoms with van der Waals surface area (Å²) in [7, 11) is 0. The van der Waals surface area contributed by atoms with E-state index in [4.69, 9.17) is 0 Å². The fourth-order valence-corrected chi connectivity index (χ4v) is 1.70. The number of fused-ring (bicyclic) bond motifs is 3. The monoisotopic (exact) mass is 171 g/mol. The van der Waals surface area contributed by atoms with E-state index in [2.05, 4.69) is 21.4 Å². The minimum Gasteiger partial charge on any atom is -0.361 e. The topological polar surface area (TPSA) is 40.7 Å². The van der Waals surface area contributed by atoms with E-state index in [1.165, 1.54) is 16.6 Å². The van der Waals surface area contributed by atoms with Crippen LogP contribution in [0.5, 0.6) is 0 Å². The summed E-state index contributed by atoms with van der Waals surface area (Å²) < 4.78 is 0. The Morgan fingerprint density at radius 3 is 3.38 bits per heavy atom. The molecule has 0 unspecified atom stereocenters. The normalized spacial score (nSPS) is 14.2. The van der Waals surface area contributed by atoms with Gasteiger partial charge in [0.15, 0.2) is 0 Å². The van der Waals surface area contributed by atoms with Crippen molar-refractivity contribution in [2.24, 2.45) is 0 Å². The molecule has 0 spiro atoms. The molecule has 13 heavy (non-hydrogen) atoms. The number of anilines is 1. The van der Waals surface area contributed by atoms with E-state index in [0.29, 0.717) is 0 Å². The molecule has 0 atom stereocenters. The summed E-state index contributed by atoms with van der Waals surface area (Å²) in [6.45, 7) is 0. The van der Waals surface area contributed by atoms with Crippen molar-refractivity contribution >= 4 is 16.7 Å². The second kappa shape index (κ2) is 2.36. The van der Waals surface area contributed by atoms with E-state index in [-0.39, 0.29) is 0 Å². The first-order valence-corrected chi connectivity index (χ1v) is 4.31. The molecular weight excluding hydrogens is 162 g/mol. The summed E-state index contributed by atoms with van der Waals surface area (Å²) in [4.78, 5) is 7.42. The van der Waals surface area contributed by atoms with Crippen molar-refractivity contribution in [3.8, 4) is 0 Å². The van der Waals surface area contributed by atoms with Gasteiger partial charge in [0, 0.05) is 17.8 Å². The third kappa shape index (κ3) is 0.869. The number of hydrogen-bond acceptors (Lipinski definition) is 2. The van der Waals surface area contributed by atoms with Gasteiger partial charge in [0.05, 0.1) is 5.69 Å². The quantitative estimate of drug-likeness (QED) is 0.636. The van der Waals surface area contributed by atoms with Crippen LogP contribution in [0.2, 0.25) is 0 Å². The number of nitrogens with zero attached hydrogens (tertiary/aromatic N) is 1. The van der Waals surface area contributed by atoms with Crippen molar-refractivity contribution in [3.63, 3.8) is 0 Å². The zero-order chi connectivity index (χ0) is 8.67. The summed E-state index contributed by atoms with van der Waals surface area (Å²) >= 11 is 0. The Balaban J connectivity index is 2.38. The molecule has 0 aliphatic carbocycles. The average Bonchev–Trinajstić information content (AvgIpc) is 2.65. The third-order valence-electron chi connectivity index (χ3n) is 2.35. The molecule has 64 valence electrons. The molecule has 2 N–H and O–H groups in total. The highest BCUT2D eigenvalue weighted by Gasteiger charge is 2.09. The van der Waals surface area contributed by atoms with Crippen molar-refractivity contribution < 1.29 is 0 Å². The Morgan fingerprint density at radius 1 is 1.38 bits per heavy atom. The molecule has 1 aliphatic rings. The Morgan fingerprint density at radius 2 is 2.38 bits per heavy atom. The second-order valence-electron chi connectivity index (χ2n) is 3.15. The minimum atomic E-state index is 0.946. The van der Waals surface area contributed by atoms with Gasteiger partial charge in [-0.15, -0.1) is 0 Å². The zero-order valence-electron chi connectivity index (χ0n) is 7.04. The van der Waals surface area contributed by atoms with E-state index >= 15 is 0 Å². The summed E-state index contributed by atoms with van der Waals surface area (Å²) in [6, 6.07) is 2.05. The molecule has 0 bridgehead atoms. The van der Waals surface area contributed by atoms with Crippen molar-refractivity contribution in [2.75, 3.05) is 5.32 Å². The smallest absolute Gasteiger partial charge is 0.139 e. The minimum absolute atomic E-state index is 0.946. The molecule has 0 aromatic carbocycles. The summed E-state index contributed by atoms with van der Waals surface area (Å²) in [5.41, 5.74) is 3.39. The van der Waals surface area contributed by atoms with Gasteiger partial charge in [0.2, 0.25) is 0 Å². The Hall–Kier alpha value is -1.77. The molecule has 1 aliphatic heterocycles. The predicted octanol–water partition coefficient (Wildman–Crippen LogP) is 2.04. The summed E-state index contributed by atoms with van der Waals surface area (Å²) in [5.74, 6) is 0. The molecule has 0 fully saturated rings. The molecular formula is C10H9N3. The lowest BCUT2D eigenvalue weighted by molar-refractivity contribution is 1.18. The highest BCUT2D eigenvalue weighted by Crippen LogP contribution is 2.27. The molecule has 3 heteroatoms. The maximum Gasteiger partial charge on any atom is 0.139 e. The molecule has 3 heterocycles. The molecule has 0 saturated carbocycles. The van der Waals surface area contributed by atoms with E-state index in [1.54, 1.807) is 0 Å². The van der Waals surface area contributed by atoms with Crippen LogP contribution in [-0.2, 0) is 6.42 Å². The number of aromatic nitrogens is 2. The zero-order valence-corrected chi connectivity index (χ0v) is 7.04. The predicted molar refractivity (Wildman–Crippen MR) is 52.6 cm³/mol. The SMILES string of the molecule is C1=CNc2c(cnc3[nH]ccc23)C1. The first-order chi connectivity index (χ1) is 6.45. The largest absolute Gasteiger partial charge is 0.361 e. The van der Waals surface area contributed by atoms with Crippen molar-refractivity contribution in [2.45, 2.75) is 6.42 Å². The van der Waals surface area contributed by atoms with Gasteiger partial charge in [-0.3, -0.25) is 0 Å². The second-order valence-corrected chi connectivity index (χ2v) is 3.15. The van der Waals surface area contributed by atoms with Crippen molar-refractivity contribution in [1.82, 2.24) is 9.97 Å². The first-order valence-electron chi connectivity index (χ1n) is 4.31. The van der Waals surface area contributed by atoms with Crippen LogP contribution >= 0.6 is 0 Å². The van der Waals surface area contributed by atoms with Gasteiger partial charge in [-0.25, -0.2) is 4.98 Å². The Kier molecular flexibility index (Phi) is 1.22. The van der Waals surface area contributed by atoms with Crippen LogP contribution in [0.1, 0.15) is 5.56 Å². The first kappa shape index (κ1) is 6.71. The van der Waals surface area contributed by atoms with E-state index in [0.717, 1.165) is 12.1 Å². The van der Waals surface area contributed by atoms with E-state index in [1.807, 2.05) is 24.7 Å². The van der Waals surface area contributed by atoms with Crippen LogP contribution in [0.25, 0.3) is 11.0 Å². The lowest BCUT2D eigenvalue weighted by Crippen LogP contribution is -2.00. The average molecular weight is 171 g/mol.